The average molecular weight is 408 g/mol. The first kappa shape index (κ1) is 17.0. The summed E-state index contributed by atoms with van der Waals surface area (Å²) < 4.78 is 0.781. The number of anilines is 1. The Hall–Kier alpha value is -1.85. The van der Waals surface area contributed by atoms with Crippen LogP contribution in [0.15, 0.2) is 46.9 Å². The number of likely N-dealkylation sites (tertiary alicyclic amines) is 1. The summed E-state index contributed by atoms with van der Waals surface area (Å²) in [7, 11) is 0. The summed E-state index contributed by atoms with van der Waals surface area (Å²) >= 11 is 9.34. The summed E-state index contributed by atoms with van der Waals surface area (Å²) in [6.07, 6.45) is 1.56. The van der Waals surface area contributed by atoms with Crippen LogP contribution in [0.5, 0.6) is 0 Å². The number of carbonyl (C=O) groups excluding carboxylic acids is 2. The van der Waals surface area contributed by atoms with Crippen molar-refractivity contribution in [1.29, 1.82) is 0 Å². The molecule has 0 saturated carbocycles. The van der Waals surface area contributed by atoms with Gasteiger partial charge < -0.3 is 10.2 Å². The van der Waals surface area contributed by atoms with Crippen LogP contribution >= 0.6 is 27.5 Å². The Morgan fingerprint density at radius 1 is 1.21 bits per heavy atom. The molecule has 1 saturated heterocycles. The predicted octanol–water partition coefficient (Wildman–Crippen LogP) is 4.48. The highest BCUT2D eigenvalue weighted by Gasteiger charge is 2.20. The van der Waals surface area contributed by atoms with Crippen molar-refractivity contribution in [3.8, 4) is 0 Å². The van der Waals surface area contributed by atoms with E-state index in [-0.39, 0.29) is 11.8 Å². The average Bonchev–Trinajstić information content (AvgIpc) is 2.97. The standard InChI is InChI=1S/C18H16BrClN2O2/c19-15-8-7-14(10-16(15)20)21-18(24)13-5-3-12(4-6-13)11-22-9-1-2-17(22)23/h3-8,10H,1-2,9,11H2,(H,21,24). The highest BCUT2D eigenvalue weighted by Crippen LogP contribution is 2.25. The molecule has 2 aromatic carbocycles. The largest absolute Gasteiger partial charge is 0.338 e. The van der Waals surface area contributed by atoms with Crippen molar-refractivity contribution < 1.29 is 9.59 Å². The molecule has 1 heterocycles. The Bertz CT molecular complexity index is 777. The molecule has 0 aliphatic carbocycles. The van der Waals surface area contributed by atoms with Crippen molar-refractivity contribution >= 4 is 45.0 Å². The van der Waals surface area contributed by atoms with Gasteiger partial charge in [0.2, 0.25) is 5.91 Å². The third kappa shape index (κ3) is 3.97. The van der Waals surface area contributed by atoms with Crippen molar-refractivity contribution in [2.75, 3.05) is 11.9 Å². The van der Waals surface area contributed by atoms with Crippen molar-refractivity contribution in [2.45, 2.75) is 19.4 Å². The number of nitrogens with zero attached hydrogens (tertiary/aromatic N) is 1. The number of hydrogen-bond donors (Lipinski definition) is 1. The first-order valence-electron chi connectivity index (χ1n) is 7.66. The molecule has 2 aromatic rings. The first-order chi connectivity index (χ1) is 11.5. The Morgan fingerprint density at radius 3 is 2.58 bits per heavy atom. The SMILES string of the molecule is O=C(Nc1ccc(Br)c(Cl)c1)c1ccc(CN2CCCC2=O)cc1. The molecule has 3 rings (SSSR count). The summed E-state index contributed by atoms with van der Waals surface area (Å²) in [6.45, 7) is 1.41. The quantitative estimate of drug-likeness (QED) is 0.812. The number of carbonyl (C=O) groups is 2. The molecule has 4 nitrogen and oxygen atoms in total. The summed E-state index contributed by atoms with van der Waals surface area (Å²) in [6, 6.07) is 12.6. The fourth-order valence-electron chi connectivity index (χ4n) is 2.63. The molecule has 6 heteroatoms. The molecule has 1 N–H and O–H groups in total. The molecule has 1 aliphatic rings. The van der Waals surface area contributed by atoms with E-state index in [9.17, 15) is 9.59 Å². The molecule has 124 valence electrons. The third-order valence-electron chi connectivity index (χ3n) is 3.94. The minimum Gasteiger partial charge on any atom is -0.338 e. The molecule has 0 bridgehead atoms. The molecule has 1 aliphatic heterocycles. The second kappa shape index (κ2) is 7.36. The highest BCUT2D eigenvalue weighted by molar-refractivity contribution is 9.10. The minimum atomic E-state index is -0.197. The molecule has 0 spiro atoms. The van der Waals surface area contributed by atoms with E-state index < -0.39 is 0 Å². The number of amides is 2. The van der Waals surface area contributed by atoms with E-state index in [0.717, 1.165) is 23.0 Å². The first-order valence-corrected chi connectivity index (χ1v) is 8.83. The zero-order chi connectivity index (χ0) is 17.1. The van der Waals surface area contributed by atoms with Crippen LogP contribution in [0.25, 0.3) is 0 Å². The number of benzene rings is 2. The predicted molar refractivity (Wildman–Crippen MR) is 98.2 cm³/mol. The Kier molecular flexibility index (Phi) is 5.21. The van der Waals surface area contributed by atoms with E-state index in [1.165, 1.54) is 0 Å². The van der Waals surface area contributed by atoms with Crippen molar-refractivity contribution in [1.82, 2.24) is 4.90 Å². The van der Waals surface area contributed by atoms with Crippen LogP contribution in [0.3, 0.4) is 0 Å². The van der Waals surface area contributed by atoms with Gasteiger partial charge in [-0.05, 0) is 58.2 Å². The topological polar surface area (TPSA) is 49.4 Å². The Labute approximate surface area is 153 Å². The number of halogens is 2. The van der Waals surface area contributed by atoms with Crippen LogP contribution in [0.4, 0.5) is 5.69 Å². The van der Waals surface area contributed by atoms with Crippen molar-refractivity contribution in [2.24, 2.45) is 0 Å². The van der Waals surface area contributed by atoms with Gasteiger partial charge in [0, 0.05) is 35.2 Å². The molecule has 0 unspecified atom stereocenters. The Morgan fingerprint density at radius 2 is 1.96 bits per heavy atom. The fourth-order valence-corrected chi connectivity index (χ4v) is 3.06. The zero-order valence-electron chi connectivity index (χ0n) is 12.9. The van der Waals surface area contributed by atoms with Crippen LogP contribution in [0, 0.1) is 0 Å². The molecule has 0 aromatic heterocycles. The normalized spacial score (nSPS) is 14.1. The van der Waals surface area contributed by atoms with Crippen LogP contribution in [0.2, 0.25) is 5.02 Å². The van der Waals surface area contributed by atoms with Gasteiger partial charge in [0.15, 0.2) is 0 Å². The van der Waals surface area contributed by atoms with Gasteiger partial charge in [-0.2, -0.15) is 0 Å². The lowest BCUT2D eigenvalue weighted by molar-refractivity contribution is -0.128. The number of hydrogen-bond acceptors (Lipinski definition) is 2. The summed E-state index contributed by atoms with van der Waals surface area (Å²) in [5.41, 5.74) is 2.22. The summed E-state index contributed by atoms with van der Waals surface area (Å²) in [5.74, 6) is 0.00104. The summed E-state index contributed by atoms with van der Waals surface area (Å²) in [5, 5.41) is 3.36. The van der Waals surface area contributed by atoms with Crippen LogP contribution in [-0.4, -0.2) is 23.3 Å². The lowest BCUT2D eigenvalue weighted by Crippen LogP contribution is -2.23. The molecular weight excluding hydrogens is 392 g/mol. The molecule has 1 fully saturated rings. The third-order valence-corrected chi connectivity index (χ3v) is 5.17. The van der Waals surface area contributed by atoms with Crippen LogP contribution in [0.1, 0.15) is 28.8 Å². The van der Waals surface area contributed by atoms with Gasteiger partial charge in [0.25, 0.3) is 5.91 Å². The van der Waals surface area contributed by atoms with Gasteiger partial charge in [-0.3, -0.25) is 9.59 Å². The van der Waals surface area contributed by atoms with Crippen molar-refractivity contribution in [3.05, 3.63) is 63.1 Å². The lowest BCUT2D eigenvalue weighted by atomic mass is 10.1. The van der Waals surface area contributed by atoms with E-state index in [0.29, 0.717) is 29.2 Å². The molecule has 0 atom stereocenters. The molecule has 24 heavy (non-hydrogen) atoms. The second-order valence-electron chi connectivity index (χ2n) is 5.70. The molecule has 0 radical (unpaired) electrons. The van der Waals surface area contributed by atoms with E-state index in [4.69, 9.17) is 11.6 Å². The number of rotatable bonds is 4. The van der Waals surface area contributed by atoms with Crippen LogP contribution in [-0.2, 0) is 11.3 Å². The van der Waals surface area contributed by atoms with E-state index in [1.807, 2.05) is 17.0 Å². The maximum Gasteiger partial charge on any atom is 0.255 e. The van der Waals surface area contributed by atoms with Crippen LogP contribution < -0.4 is 5.32 Å². The van der Waals surface area contributed by atoms with Gasteiger partial charge in [0.1, 0.15) is 0 Å². The van der Waals surface area contributed by atoms with Crippen molar-refractivity contribution in [3.63, 3.8) is 0 Å². The minimum absolute atomic E-state index is 0.197. The van der Waals surface area contributed by atoms with Gasteiger partial charge in [0.05, 0.1) is 5.02 Å². The lowest BCUT2D eigenvalue weighted by Gasteiger charge is -2.15. The summed E-state index contributed by atoms with van der Waals surface area (Å²) in [4.78, 5) is 25.8. The van der Waals surface area contributed by atoms with Gasteiger partial charge in [-0.25, -0.2) is 0 Å². The van der Waals surface area contributed by atoms with Gasteiger partial charge in [-0.15, -0.1) is 0 Å². The second-order valence-corrected chi connectivity index (χ2v) is 6.96. The highest BCUT2D eigenvalue weighted by atomic mass is 79.9. The van der Waals surface area contributed by atoms with Gasteiger partial charge >= 0.3 is 0 Å². The Balaban J connectivity index is 1.65. The molecule has 2 amide bonds. The van der Waals surface area contributed by atoms with E-state index in [2.05, 4.69) is 21.2 Å². The van der Waals surface area contributed by atoms with Gasteiger partial charge in [-0.1, -0.05) is 23.7 Å². The maximum atomic E-state index is 12.3. The van der Waals surface area contributed by atoms with E-state index in [1.54, 1.807) is 30.3 Å². The fraction of sp³-hybridized carbons (Fsp3) is 0.222. The molecular formula is C18H16BrClN2O2. The zero-order valence-corrected chi connectivity index (χ0v) is 15.2. The van der Waals surface area contributed by atoms with E-state index >= 15 is 0 Å². The monoisotopic (exact) mass is 406 g/mol. The number of nitrogens with one attached hydrogen (secondary N) is 1. The smallest absolute Gasteiger partial charge is 0.255 e. The maximum absolute atomic E-state index is 12.3.